The van der Waals surface area contributed by atoms with Gasteiger partial charge in [0.2, 0.25) is 5.13 Å². The van der Waals surface area contributed by atoms with Crippen molar-refractivity contribution in [2.75, 3.05) is 18.2 Å². The Bertz CT molecular complexity index is 675. The number of carbonyl (C=O) groups is 1. The van der Waals surface area contributed by atoms with E-state index in [9.17, 15) is 4.79 Å². The number of anilines is 1. The summed E-state index contributed by atoms with van der Waals surface area (Å²) in [6.07, 6.45) is 1.12. The number of nitrogens with zero attached hydrogens (tertiary/aromatic N) is 2. The maximum absolute atomic E-state index is 12.1. The summed E-state index contributed by atoms with van der Waals surface area (Å²) in [7, 11) is 1.58. The Labute approximate surface area is 142 Å². The van der Waals surface area contributed by atoms with Gasteiger partial charge in [-0.05, 0) is 19.1 Å². The van der Waals surface area contributed by atoms with Crippen LogP contribution < -0.4 is 14.8 Å². The minimum Gasteiger partial charge on any atom is -0.497 e. The second-order valence-electron chi connectivity index (χ2n) is 4.40. The van der Waals surface area contributed by atoms with Crippen LogP contribution in [0.3, 0.4) is 0 Å². The normalized spacial score (nSPS) is 11.6. The van der Waals surface area contributed by atoms with E-state index >= 15 is 0 Å². The van der Waals surface area contributed by atoms with Gasteiger partial charge in [-0.25, -0.2) is 0 Å². The molecule has 0 spiro atoms. The highest BCUT2D eigenvalue weighted by molar-refractivity contribution is 8.01. The summed E-state index contributed by atoms with van der Waals surface area (Å²) in [6, 6.07) is 7.09. The molecular formula is C15H17N3O3S2. The quantitative estimate of drug-likeness (QED) is 0.447. The molecule has 2 rings (SSSR count). The minimum absolute atomic E-state index is 0.288. The van der Waals surface area contributed by atoms with E-state index in [4.69, 9.17) is 9.47 Å². The van der Waals surface area contributed by atoms with E-state index in [-0.39, 0.29) is 5.91 Å². The molecule has 0 fully saturated rings. The lowest BCUT2D eigenvalue weighted by atomic mass is 10.3. The SMILES string of the molecule is C=CCSc1nnc(NC(=O)[C@H](C)Oc2cccc(OC)c2)s1. The topological polar surface area (TPSA) is 73.3 Å². The van der Waals surface area contributed by atoms with Crippen LogP contribution in [-0.4, -0.2) is 35.1 Å². The summed E-state index contributed by atoms with van der Waals surface area (Å²) < 4.78 is 11.5. The van der Waals surface area contributed by atoms with E-state index in [1.54, 1.807) is 44.4 Å². The van der Waals surface area contributed by atoms with Crippen molar-refractivity contribution in [2.24, 2.45) is 0 Å². The Kier molecular flexibility index (Phi) is 6.42. The number of thioether (sulfide) groups is 1. The Morgan fingerprint density at radius 2 is 2.26 bits per heavy atom. The van der Waals surface area contributed by atoms with Crippen LogP contribution in [0, 0.1) is 0 Å². The number of methoxy groups -OCH3 is 1. The second kappa shape index (κ2) is 8.54. The number of carbonyl (C=O) groups excluding carboxylic acids is 1. The third-order valence-electron chi connectivity index (χ3n) is 2.68. The maximum atomic E-state index is 12.1. The van der Waals surface area contributed by atoms with Gasteiger partial charge in [0.1, 0.15) is 11.5 Å². The van der Waals surface area contributed by atoms with Crippen molar-refractivity contribution in [1.82, 2.24) is 10.2 Å². The number of amides is 1. The number of hydrogen-bond acceptors (Lipinski definition) is 7. The van der Waals surface area contributed by atoms with E-state index in [2.05, 4.69) is 22.1 Å². The van der Waals surface area contributed by atoms with Crippen LogP contribution in [0.15, 0.2) is 41.3 Å². The van der Waals surface area contributed by atoms with Gasteiger partial charge >= 0.3 is 0 Å². The predicted octanol–water partition coefficient (Wildman–Crippen LogP) is 3.23. The van der Waals surface area contributed by atoms with Gasteiger partial charge in [-0.3, -0.25) is 10.1 Å². The van der Waals surface area contributed by atoms with Crippen LogP contribution in [0.2, 0.25) is 0 Å². The lowest BCUT2D eigenvalue weighted by Crippen LogP contribution is -2.30. The number of ether oxygens (including phenoxy) is 2. The van der Waals surface area contributed by atoms with Crippen LogP contribution >= 0.6 is 23.1 Å². The number of aromatic nitrogens is 2. The number of hydrogen-bond donors (Lipinski definition) is 1. The standard InChI is InChI=1S/C15H17N3O3S2/c1-4-8-22-15-18-17-14(23-15)16-13(19)10(2)21-12-7-5-6-11(9-12)20-3/h4-7,9-10H,1,8H2,2-3H3,(H,16,17,19)/t10-/m0/s1. The summed E-state index contributed by atoms with van der Waals surface area (Å²) in [4.78, 5) is 12.1. The van der Waals surface area contributed by atoms with Crippen molar-refractivity contribution in [3.8, 4) is 11.5 Å². The fourth-order valence-corrected chi connectivity index (χ4v) is 3.10. The van der Waals surface area contributed by atoms with Crippen molar-refractivity contribution in [3.63, 3.8) is 0 Å². The van der Waals surface area contributed by atoms with Crippen molar-refractivity contribution in [2.45, 2.75) is 17.4 Å². The molecule has 1 atom stereocenters. The Balaban J connectivity index is 1.91. The monoisotopic (exact) mass is 351 g/mol. The maximum Gasteiger partial charge on any atom is 0.266 e. The van der Waals surface area contributed by atoms with Crippen LogP contribution in [0.5, 0.6) is 11.5 Å². The molecule has 1 N–H and O–H groups in total. The second-order valence-corrected chi connectivity index (χ2v) is 6.65. The van der Waals surface area contributed by atoms with Gasteiger partial charge in [-0.2, -0.15) is 0 Å². The first-order chi connectivity index (χ1) is 11.1. The highest BCUT2D eigenvalue weighted by Gasteiger charge is 2.17. The molecule has 0 aliphatic carbocycles. The van der Waals surface area contributed by atoms with Crippen LogP contribution in [0.4, 0.5) is 5.13 Å². The van der Waals surface area contributed by atoms with Crippen LogP contribution in [0.25, 0.3) is 0 Å². The summed E-state index contributed by atoms with van der Waals surface area (Å²) in [6.45, 7) is 5.32. The molecule has 6 nitrogen and oxygen atoms in total. The lowest BCUT2D eigenvalue weighted by Gasteiger charge is -2.14. The third-order valence-corrected chi connectivity index (χ3v) is 4.65. The Morgan fingerprint density at radius 3 is 3.00 bits per heavy atom. The molecule has 0 aliphatic rings. The van der Waals surface area contributed by atoms with E-state index in [1.165, 1.54) is 23.1 Å². The summed E-state index contributed by atoms with van der Waals surface area (Å²) in [5.74, 6) is 1.69. The van der Waals surface area contributed by atoms with Gasteiger partial charge in [0.15, 0.2) is 10.4 Å². The summed E-state index contributed by atoms with van der Waals surface area (Å²) in [5.41, 5.74) is 0. The summed E-state index contributed by atoms with van der Waals surface area (Å²) >= 11 is 2.83. The van der Waals surface area contributed by atoms with Gasteiger partial charge in [0, 0.05) is 11.8 Å². The largest absolute Gasteiger partial charge is 0.497 e. The molecule has 8 heteroatoms. The van der Waals surface area contributed by atoms with E-state index in [0.29, 0.717) is 16.6 Å². The first-order valence-electron chi connectivity index (χ1n) is 6.81. The third kappa shape index (κ3) is 5.26. The molecule has 23 heavy (non-hydrogen) atoms. The molecule has 122 valence electrons. The Hall–Kier alpha value is -2.06. The van der Waals surface area contributed by atoms with Gasteiger partial charge in [-0.1, -0.05) is 35.2 Å². The molecule has 0 bridgehead atoms. The van der Waals surface area contributed by atoms with E-state index < -0.39 is 6.10 Å². The molecule has 1 aromatic heterocycles. The molecular weight excluding hydrogens is 334 g/mol. The van der Waals surface area contributed by atoms with Gasteiger partial charge in [0.25, 0.3) is 5.91 Å². The van der Waals surface area contributed by atoms with Crippen molar-refractivity contribution in [1.29, 1.82) is 0 Å². The first-order valence-corrected chi connectivity index (χ1v) is 8.61. The smallest absolute Gasteiger partial charge is 0.266 e. The van der Waals surface area contributed by atoms with Gasteiger partial charge in [0.05, 0.1) is 7.11 Å². The number of nitrogens with one attached hydrogen (secondary N) is 1. The molecule has 0 saturated heterocycles. The summed E-state index contributed by atoms with van der Waals surface area (Å²) in [5, 5.41) is 11.1. The molecule has 1 amide bonds. The van der Waals surface area contributed by atoms with Crippen molar-refractivity contribution < 1.29 is 14.3 Å². The molecule has 1 heterocycles. The zero-order valence-corrected chi connectivity index (χ0v) is 14.4. The fourth-order valence-electron chi connectivity index (χ4n) is 1.59. The van der Waals surface area contributed by atoms with Crippen LogP contribution in [0.1, 0.15) is 6.92 Å². The molecule has 0 unspecified atom stereocenters. The van der Waals surface area contributed by atoms with Crippen LogP contribution in [-0.2, 0) is 4.79 Å². The van der Waals surface area contributed by atoms with E-state index in [1.807, 2.05) is 0 Å². The average molecular weight is 351 g/mol. The molecule has 2 aromatic rings. The Morgan fingerprint density at radius 1 is 1.48 bits per heavy atom. The highest BCUT2D eigenvalue weighted by atomic mass is 32.2. The fraction of sp³-hybridized carbons (Fsp3) is 0.267. The van der Waals surface area contributed by atoms with Gasteiger partial charge in [-0.15, -0.1) is 16.8 Å². The first kappa shape index (κ1) is 17.3. The van der Waals surface area contributed by atoms with Gasteiger partial charge < -0.3 is 9.47 Å². The van der Waals surface area contributed by atoms with Crippen molar-refractivity contribution >= 4 is 34.1 Å². The number of benzene rings is 1. The average Bonchev–Trinajstić information content (AvgIpc) is 3.00. The molecule has 0 saturated carbocycles. The zero-order valence-electron chi connectivity index (χ0n) is 12.8. The molecule has 0 radical (unpaired) electrons. The highest BCUT2D eigenvalue weighted by Crippen LogP contribution is 2.25. The predicted molar refractivity (Wildman–Crippen MR) is 92.5 cm³/mol. The zero-order chi connectivity index (χ0) is 16.7. The molecule has 1 aromatic carbocycles. The minimum atomic E-state index is -0.671. The lowest BCUT2D eigenvalue weighted by molar-refractivity contribution is -0.122. The van der Waals surface area contributed by atoms with E-state index in [0.717, 1.165) is 10.1 Å². The molecule has 0 aliphatic heterocycles. The van der Waals surface area contributed by atoms with Crippen molar-refractivity contribution in [3.05, 3.63) is 36.9 Å². The number of rotatable bonds is 8.